The molecule has 0 radical (unpaired) electrons. The molecule has 0 bridgehead atoms. The first-order valence-corrected chi connectivity index (χ1v) is 3.43. The maximum absolute atomic E-state index is 11.6. The first kappa shape index (κ1) is 9.74. The number of carbonyl (C=O) groups is 1. The van der Waals surface area contributed by atoms with Gasteiger partial charge in [-0.15, -0.1) is 0 Å². The molecule has 0 aliphatic carbocycles. The van der Waals surface area contributed by atoms with Crippen molar-refractivity contribution >= 4 is 21.8 Å². The topological polar surface area (TPSA) is 43.1 Å². The van der Waals surface area contributed by atoms with Gasteiger partial charge in [-0.3, -0.25) is 4.79 Å². The van der Waals surface area contributed by atoms with Crippen molar-refractivity contribution in [3.63, 3.8) is 0 Å². The number of hydrogen-bond acceptors (Lipinski definition) is 1. The zero-order valence-corrected chi connectivity index (χ0v) is 6.37. The van der Waals surface area contributed by atoms with E-state index >= 15 is 0 Å². The molecule has 0 saturated heterocycles. The standard InChI is InChI=1S/C4H5BrF3NO/c5-1-2(3(9)10)4(6,7)8/h2H,1H2,(H2,9,10). The van der Waals surface area contributed by atoms with Crippen LogP contribution in [0.2, 0.25) is 0 Å². The number of nitrogens with two attached hydrogens (primary N) is 1. The minimum absolute atomic E-state index is 0.480. The summed E-state index contributed by atoms with van der Waals surface area (Å²) in [6.07, 6.45) is -4.53. The van der Waals surface area contributed by atoms with E-state index in [0.717, 1.165) is 0 Å². The van der Waals surface area contributed by atoms with Gasteiger partial charge in [0.05, 0.1) is 0 Å². The van der Waals surface area contributed by atoms with E-state index in [9.17, 15) is 18.0 Å². The van der Waals surface area contributed by atoms with Gasteiger partial charge in [0.15, 0.2) is 0 Å². The Bertz CT molecular complexity index is 135. The molecule has 0 heterocycles. The average Bonchev–Trinajstić information content (AvgIpc) is 1.60. The quantitative estimate of drug-likeness (QED) is 0.694. The van der Waals surface area contributed by atoms with E-state index in [-0.39, 0.29) is 0 Å². The van der Waals surface area contributed by atoms with Crippen LogP contribution in [0.5, 0.6) is 0 Å². The van der Waals surface area contributed by atoms with E-state index in [1.54, 1.807) is 0 Å². The molecule has 0 rings (SSSR count). The van der Waals surface area contributed by atoms with Crippen molar-refractivity contribution in [1.82, 2.24) is 0 Å². The van der Waals surface area contributed by atoms with Gasteiger partial charge in [0.1, 0.15) is 5.92 Å². The maximum atomic E-state index is 11.6. The highest BCUT2D eigenvalue weighted by molar-refractivity contribution is 9.09. The van der Waals surface area contributed by atoms with Crippen molar-refractivity contribution in [2.45, 2.75) is 6.18 Å². The van der Waals surface area contributed by atoms with E-state index in [2.05, 4.69) is 21.7 Å². The molecule has 1 amide bonds. The van der Waals surface area contributed by atoms with Crippen LogP contribution in [-0.4, -0.2) is 17.4 Å². The number of halogens is 4. The number of amides is 1. The normalized spacial score (nSPS) is 14.8. The molecule has 10 heavy (non-hydrogen) atoms. The van der Waals surface area contributed by atoms with Gasteiger partial charge < -0.3 is 5.73 Å². The van der Waals surface area contributed by atoms with Crippen LogP contribution in [0.4, 0.5) is 13.2 Å². The SMILES string of the molecule is NC(=O)C(CBr)C(F)(F)F. The Kier molecular flexibility index (Phi) is 3.14. The molecular weight excluding hydrogens is 215 g/mol. The Balaban J connectivity index is 4.22. The van der Waals surface area contributed by atoms with Crippen molar-refractivity contribution in [1.29, 1.82) is 0 Å². The maximum Gasteiger partial charge on any atom is 0.401 e. The van der Waals surface area contributed by atoms with E-state index in [0.29, 0.717) is 0 Å². The smallest absolute Gasteiger partial charge is 0.369 e. The number of alkyl halides is 4. The minimum atomic E-state index is -4.53. The van der Waals surface area contributed by atoms with Gasteiger partial charge in [-0.05, 0) is 0 Å². The predicted octanol–water partition coefficient (Wildman–Crippen LogP) is 1.05. The molecule has 1 atom stereocenters. The summed E-state index contributed by atoms with van der Waals surface area (Å²) in [5.41, 5.74) is 4.44. The lowest BCUT2D eigenvalue weighted by Crippen LogP contribution is -2.36. The van der Waals surface area contributed by atoms with Crippen molar-refractivity contribution in [2.75, 3.05) is 5.33 Å². The predicted molar refractivity (Wildman–Crippen MR) is 32.5 cm³/mol. The zero-order valence-electron chi connectivity index (χ0n) is 4.78. The van der Waals surface area contributed by atoms with Crippen LogP contribution in [0.25, 0.3) is 0 Å². The molecule has 0 aromatic rings. The Morgan fingerprint density at radius 3 is 2.00 bits per heavy atom. The third-order valence-corrected chi connectivity index (χ3v) is 1.54. The lowest BCUT2D eigenvalue weighted by Gasteiger charge is -2.12. The average molecular weight is 220 g/mol. The van der Waals surface area contributed by atoms with Crippen LogP contribution in [0.15, 0.2) is 0 Å². The molecule has 0 fully saturated rings. The molecule has 6 heteroatoms. The van der Waals surface area contributed by atoms with E-state index in [4.69, 9.17) is 0 Å². The summed E-state index contributed by atoms with van der Waals surface area (Å²) in [6.45, 7) is 0. The van der Waals surface area contributed by atoms with Gasteiger partial charge in [-0.1, -0.05) is 15.9 Å². The lowest BCUT2D eigenvalue weighted by atomic mass is 10.2. The summed E-state index contributed by atoms with van der Waals surface area (Å²) in [5, 5.41) is -0.480. The summed E-state index contributed by atoms with van der Waals surface area (Å²) in [5.74, 6) is -3.43. The highest BCUT2D eigenvalue weighted by atomic mass is 79.9. The van der Waals surface area contributed by atoms with Crippen LogP contribution >= 0.6 is 15.9 Å². The zero-order chi connectivity index (χ0) is 8.36. The van der Waals surface area contributed by atoms with E-state index in [1.165, 1.54) is 0 Å². The van der Waals surface area contributed by atoms with Gasteiger partial charge in [0.2, 0.25) is 5.91 Å². The summed E-state index contributed by atoms with van der Waals surface area (Å²) in [7, 11) is 0. The van der Waals surface area contributed by atoms with Crippen molar-refractivity contribution < 1.29 is 18.0 Å². The second kappa shape index (κ2) is 3.23. The third kappa shape index (κ3) is 2.55. The molecule has 1 unspecified atom stereocenters. The highest BCUT2D eigenvalue weighted by Crippen LogP contribution is 2.26. The van der Waals surface area contributed by atoms with Crippen LogP contribution in [0.1, 0.15) is 0 Å². The first-order valence-electron chi connectivity index (χ1n) is 2.31. The van der Waals surface area contributed by atoms with Crippen LogP contribution < -0.4 is 5.73 Å². The Labute approximate surface area is 63.7 Å². The summed E-state index contributed by atoms with van der Waals surface area (Å²) in [6, 6.07) is 0. The van der Waals surface area contributed by atoms with Crippen molar-refractivity contribution in [3.8, 4) is 0 Å². The van der Waals surface area contributed by atoms with Crippen molar-refractivity contribution in [3.05, 3.63) is 0 Å². The third-order valence-electron chi connectivity index (χ3n) is 0.893. The van der Waals surface area contributed by atoms with Gasteiger partial charge in [-0.25, -0.2) is 0 Å². The molecule has 0 aromatic heterocycles. The largest absolute Gasteiger partial charge is 0.401 e. The fourth-order valence-corrected chi connectivity index (χ4v) is 1.01. The second-order valence-corrected chi connectivity index (χ2v) is 2.30. The van der Waals surface area contributed by atoms with Gasteiger partial charge in [0.25, 0.3) is 0 Å². The number of carbonyl (C=O) groups excluding carboxylic acids is 1. The molecule has 0 aromatic carbocycles. The second-order valence-electron chi connectivity index (χ2n) is 1.65. The number of hydrogen-bond donors (Lipinski definition) is 1. The Morgan fingerprint density at radius 2 is 2.00 bits per heavy atom. The molecule has 0 saturated carbocycles. The molecule has 0 aliphatic rings. The Hall–Kier alpha value is -0.260. The van der Waals surface area contributed by atoms with Crippen LogP contribution in [0, 0.1) is 5.92 Å². The van der Waals surface area contributed by atoms with Gasteiger partial charge in [0, 0.05) is 5.33 Å². The minimum Gasteiger partial charge on any atom is -0.369 e. The van der Waals surface area contributed by atoms with Crippen molar-refractivity contribution in [2.24, 2.45) is 11.7 Å². The summed E-state index contributed by atoms with van der Waals surface area (Å²) in [4.78, 5) is 10.0. The van der Waals surface area contributed by atoms with E-state index in [1.807, 2.05) is 0 Å². The molecule has 0 aliphatic heterocycles. The molecule has 2 nitrogen and oxygen atoms in total. The highest BCUT2D eigenvalue weighted by Gasteiger charge is 2.42. The molecular formula is C4H5BrF3NO. The fourth-order valence-electron chi connectivity index (χ4n) is 0.325. The monoisotopic (exact) mass is 219 g/mol. The lowest BCUT2D eigenvalue weighted by molar-refractivity contribution is -0.175. The fraction of sp³-hybridized carbons (Fsp3) is 0.750. The van der Waals surface area contributed by atoms with Crippen LogP contribution in [-0.2, 0) is 4.79 Å². The number of primary amides is 1. The number of rotatable bonds is 2. The molecule has 2 N–H and O–H groups in total. The Morgan fingerprint density at radius 1 is 1.60 bits per heavy atom. The molecule has 60 valence electrons. The van der Waals surface area contributed by atoms with E-state index < -0.39 is 23.3 Å². The van der Waals surface area contributed by atoms with Gasteiger partial charge in [-0.2, -0.15) is 13.2 Å². The van der Waals surface area contributed by atoms with Crippen LogP contribution in [0.3, 0.4) is 0 Å². The molecule has 0 spiro atoms. The summed E-state index contributed by atoms with van der Waals surface area (Å²) < 4.78 is 34.9. The summed E-state index contributed by atoms with van der Waals surface area (Å²) >= 11 is 2.53. The first-order chi connectivity index (χ1) is 4.39. The van der Waals surface area contributed by atoms with Gasteiger partial charge >= 0.3 is 6.18 Å².